The van der Waals surface area contributed by atoms with Gasteiger partial charge < -0.3 is 5.11 Å². The molecule has 0 atom stereocenters. The molecule has 0 spiro atoms. The lowest BCUT2D eigenvalue weighted by molar-refractivity contribution is 0.477. The highest BCUT2D eigenvalue weighted by molar-refractivity contribution is 6.12. The normalized spacial score (nSPS) is 13.0. The van der Waals surface area contributed by atoms with Crippen molar-refractivity contribution in [3.8, 4) is 39.3 Å². The van der Waals surface area contributed by atoms with Gasteiger partial charge in [0.15, 0.2) is 0 Å². The van der Waals surface area contributed by atoms with Crippen LogP contribution in [0, 0.1) is 20.8 Å². The number of pyridine rings is 2. The smallest absolute Gasteiger partial charge is 0.124 e. The number of hydrogen-bond donors (Lipinski definition) is 1. The Morgan fingerprint density at radius 2 is 1.18 bits per heavy atom. The molecule has 234 valence electrons. The first-order chi connectivity index (χ1) is 23.9. The Labute approximate surface area is 286 Å². The van der Waals surface area contributed by atoms with E-state index in [1.165, 1.54) is 44.5 Å². The van der Waals surface area contributed by atoms with Gasteiger partial charge in [-0.15, -0.1) is 0 Å². The summed E-state index contributed by atoms with van der Waals surface area (Å²) < 4.78 is 0. The third-order valence-electron chi connectivity index (χ3n) is 10.4. The zero-order chi connectivity index (χ0) is 33.3. The molecule has 49 heavy (non-hydrogen) atoms. The average Bonchev–Trinajstić information content (AvgIpc) is 3.42. The molecular formula is C46H34N2O. The van der Waals surface area contributed by atoms with Gasteiger partial charge in [-0.1, -0.05) is 109 Å². The second-order valence-corrected chi connectivity index (χ2v) is 13.3. The molecule has 0 aliphatic heterocycles. The Kier molecular flexibility index (Phi) is 6.53. The first-order valence-corrected chi connectivity index (χ1v) is 16.8. The van der Waals surface area contributed by atoms with Crippen LogP contribution in [0.1, 0.15) is 39.1 Å². The van der Waals surface area contributed by atoms with Crippen LogP contribution in [0.15, 0.2) is 146 Å². The number of fused-ring (bicyclic) bond motifs is 6. The van der Waals surface area contributed by atoms with E-state index in [0.717, 1.165) is 44.2 Å². The van der Waals surface area contributed by atoms with Crippen molar-refractivity contribution in [2.45, 2.75) is 26.2 Å². The van der Waals surface area contributed by atoms with E-state index in [1.54, 1.807) is 6.07 Å². The summed E-state index contributed by atoms with van der Waals surface area (Å²) in [6.45, 7) is 6.52. The van der Waals surface area contributed by atoms with Crippen LogP contribution in [0.25, 0.3) is 55.2 Å². The SMILES string of the molecule is Cc1cc(C)c(-c2cc(-c3ccccc3O)nc3c2ccc2ccc(C4(c5ccccn5)c5ccccc5-c5ccccc54)cc23)c(C)c1. The summed E-state index contributed by atoms with van der Waals surface area (Å²) in [5.41, 5.74) is 14.8. The van der Waals surface area contributed by atoms with Crippen molar-refractivity contribution in [1.82, 2.24) is 9.97 Å². The number of aromatic hydroxyl groups is 1. The quantitative estimate of drug-likeness (QED) is 0.197. The number of aryl methyl sites for hydroxylation is 3. The number of aromatic nitrogens is 2. The minimum Gasteiger partial charge on any atom is -0.507 e. The summed E-state index contributed by atoms with van der Waals surface area (Å²) in [6.07, 6.45) is 1.90. The van der Waals surface area contributed by atoms with Gasteiger partial charge in [0.2, 0.25) is 0 Å². The van der Waals surface area contributed by atoms with Crippen molar-refractivity contribution in [3.05, 3.63) is 185 Å². The predicted molar refractivity (Wildman–Crippen MR) is 201 cm³/mol. The van der Waals surface area contributed by atoms with E-state index >= 15 is 0 Å². The fourth-order valence-corrected chi connectivity index (χ4v) is 8.44. The van der Waals surface area contributed by atoms with Crippen molar-refractivity contribution < 1.29 is 5.11 Å². The first-order valence-electron chi connectivity index (χ1n) is 16.8. The first kappa shape index (κ1) is 29.1. The number of phenolic OH excluding ortho intramolecular Hbond substituents is 1. The summed E-state index contributed by atoms with van der Waals surface area (Å²) in [5, 5.41) is 14.3. The van der Waals surface area contributed by atoms with Gasteiger partial charge in [-0.3, -0.25) is 4.98 Å². The van der Waals surface area contributed by atoms with E-state index in [2.05, 4.69) is 130 Å². The second-order valence-electron chi connectivity index (χ2n) is 13.3. The molecule has 0 saturated carbocycles. The van der Waals surface area contributed by atoms with E-state index in [-0.39, 0.29) is 5.75 Å². The molecule has 0 saturated heterocycles. The molecule has 0 radical (unpaired) electrons. The lowest BCUT2D eigenvalue weighted by Crippen LogP contribution is -2.29. The van der Waals surface area contributed by atoms with Crippen LogP contribution in [-0.4, -0.2) is 15.1 Å². The topological polar surface area (TPSA) is 46.0 Å². The van der Waals surface area contributed by atoms with Gasteiger partial charge in [0.05, 0.1) is 22.3 Å². The summed E-state index contributed by atoms with van der Waals surface area (Å²) in [4.78, 5) is 10.4. The highest BCUT2D eigenvalue weighted by Crippen LogP contribution is 2.56. The monoisotopic (exact) mass is 630 g/mol. The lowest BCUT2D eigenvalue weighted by atomic mass is 9.69. The molecule has 9 rings (SSSR count). The Balaban J connectivity index is 1.41. The number of benzene rings is 6. The Morgan fingerprint density at radius 3 is 1.86 bits per heavy atom. The minimum atomic E-state index is -0.618. The largest absolute Gasteiger partial charge is 0.507 e. The summed E-state index contributed by atoms with van der Waals surface area (Å²) >= 11 is 0. The van der Waals surface area contributed by atoms with E-state index in [4.69, 9.17) is 9.97 Å². The van der Waals surface area contributed by atoms with Crippen molar-refractivity contribution >= 4 is 21.7 Å². The number of nitrogens with zero attached hydrogens (tertiary/aromatic N) is 2. The molecule has 0 fully saturated rings. The average molecular weight is 631 g/mol. The zero-order valence-corrected chi connectivity index (χ0v) is 27.7. The van der Waals surface area contributed by atoms with E-state index in [9.17, 15) is 5.11 Å². The van der Waals surface area contributed by atoms with E-state index in [0.29, 0.717) is 5.56 Å². The number of para-hydroxylation sites is 1. The van der Waals surface area contributed by atoms with Crippen LogP contribution < -0.4 is 0 Å². The van der Waals surface area contributed by atoms with Gasteiger partial charge in [-0.2, -0.15) is 0 Å². The maximum Gasteiger partial charge on any atom is 0.124 e. The number of phenols is 1. The Hall–Kier alpha value is -6.06. The highest BCUT2D eigenvalue weighted by atomic mass is 16.3. The predicted octanol–water partition coefficient (Wildman–Crippen LogP) is 11.1. The maximum absolute atomic E-state index is 11.0. The molecule has 6 aromatic carbocycles. The molecule has 1 N–H and O–H groups in total. The third kappa shape index (κ3) is 4.29. The lowest BCUT2D eigenvalue weighted by Gasteiger charge is -2.33. The van der Waals surface area contributed by atoms with Crippen molar-refractivity contribution in [2.75, 3.05) is 0 Å². The van der Waals surface area contributed by atoms with Crippen LogP contribution >= 0.6 is 0 Å². The number of rotatable bonds is 4. The third-order valence-corrected chi connectivity index (χ3v) is 10.4. The van der Waals surface area contributed by atoms with Gasteiger partial charge in [0.25, 0.3) is 0 Å². The number of hydrogen-bond acceptors (Lipinski definition) is 3. The van der Waals surface area contributed by atoms with Crippen LogP contribution in [-0.2, 0) is 5.41 Å². The fourth-order valence-electron chi connectivity index (χ4n) is 8.44. The van der Waals surface area contributed by atoms with Crippen molar-refractivity contribution in [3.63, 3.8) is 0 Å². The van der Waals surface area contributed by atoms with Crippen LogP contribution in [0.4, 0.5) is 0 Å². The molecule has 2 aromatic heterocycles. The molecular weight excluding hydrogens is 597 g/mol. The molecule has 3 heteroatoms. The fraction of sp³-hybridized carbons (Fsp3) is 0.0870. The summed E-state index contributed by atoms with van der Waals surface area (Å²) in [6, 6.07) is 49.1. The van der Waals surface area contributed by atoms with Crippen LogP contribution in [0.2, 0.25) is 0 Å². The van der Waals surface area contributed by atoms with Gasteiger partial charge in [-0.05, 0) is 113 Å². The zero-order valence-electron chi connectivity index (χ0n) is 27.7. The standard InChI is InChI=1S/C46H34N2O/c1-28-24-29(2)44(30(3)25-28)38-27-41(36-14-6-9-17-42(36)49)48-45-35(38)22-20-31-19-21-32(26-37(31)45)46(43-18-10-11-23-47-43)39-15-7-4-12-33(39)34-13-5-8-16-40(34)46/h4-27,49H,1-3H3. The molecule has 0 bridgehead atoms. The Morgan fingerprint density at radius 1 is 0.551 bits per heavy atom. The van der Waals surface area contributed by atoms with Gasteiger partial charge in [0, 0.05) is 22.5 Å². The molecule has 0 unspecified atom stereocenters. The molecule has 1 aliphatic rings. The second kappa shape index (κ2) is 11.0. The molecule has 8 aromatic rings. The maximum atomic E-state index is 11.0. The van der Waals surface area contributed by atoms with Crippen molar-refractivity contribution in [1.29, 1.82) is 0 Å². The summed E-state index contributed by atoms with van der Waals surface area (Å²) in [5.74, 6) is 0.215. The molecule has 1 aliphatic carbocycles. The molecule has 3 nitrogen and oxygen atoms in total. The van der Waals surface area contributed by atoms with E-state index in [1.807, 2.05) is 30.5 Å². The molecule has 0 amide bonds. The van der Waals surface area contributed by atoms with Gasteiger partial charge in [0.1, 0.15) is 5.75 Å². The summed E-state index contributed by atoms with van der Waals surface area (Å²) in [7, 11) is 0. The van der Waals surface area contributed by atoms with Crippen molar-refractivity contribution in [2.24, 2.45) is 0 Å². The van der Waals surface area contributed by atoms with Crippen LogP contribution in [0.3, 0.4) is 0 Å². The van der Waals surface area contributed by atoms with E-state index < -0.39 is 5.41 Å². The minimum absolute atomic E-state index is 0.215. The highest BCUT2D eigenvalue weighted by Gasteiger charge is 2.47. The van der Waals surface area contributed by atoms with Gasteiger partial charge in [-0.25, -0.2) is 4.98 Å². The van der Waals surface area contributed by atoms with Gasteiger partial charge >= 0.3 is 0 Å². The molecule has 2 heterocycles. The van der Waals surface area contributed by atoms with Crippen LogP contribution in [0.5, 0.6) is 5.75 Å². The Bertz CT molecular complexity index is 2530.